The minimum atomic E-state index is -0.167. The minimum absolute atomic E-state index is 0.118. The number of nitrogens with one attached hydrogen (secondary N) is 2. The van der Waals surface area contributed by atoms with Crippen molar-refractivity contribution in [2.75, 3.05) is 63.8 Å². The number of amides is 2. The molecule has 1 aliphatic heterocycles. The molecule has 1 heterocycles. The zero-order chi connectivity index (χ0) is 22.1. The number of anilines is 2. The second-order valence-corrected chi connectivity index (χ2v) is 7.46. The Morgan fingerprint density at radius 2 is 1.71 bits per heavy atom. The number of carbonyl (C=O) groups excluding carboxylic acids is 2. The first-order valence-electron chi connectivity index (χ1n) is 10.3. The van der Waals surface area contributed by atoms with Crippen LogP contribution in [0.3, 0.4) is 0 Å². The van der Waals surface area contributed by atoms with Gasteiger partial charge < -0.3 is 25.0 Å². The van der Waals surface area contributed by atoms with Crippen molar-refractivity contribution in [3.05, 3.63) is 54.1 Å². The van der Waals surface area contributed by atoms with E-state index >= 15 is 0 Å². The number of likely N-dealkylation sites (N-methyl/N-ethyl adjacent to an activating group) is 1. The number of hydrogen-bond donors (Lipinski definition) is 2. The zero-order valence-corrected chi connectivity index (χ0v) is 18.1. The number of methoxy groups -OCH3 is 1. The Morgan fingerprint density at radius 1 is 1.03 bits per heavy atom. The van der Waals surface area contributed by atoms with Gasteiger partial charge >= 0.3 is 0 Å². The Kier molecular flexibility index (Phi) is 8.26. The molecule has 31 heavy (non-hydrogen) atoms. The fourth-order valence-electron chi connectivity index (χ4n) is 3.42. The van der Waals surface area contributed by atoms with Gasteiger partial charge in [-0.25, -0.2) is 0 Å². The van der Waals surface area contributed by atoms with Gasteiger partial charge in [0.1, 0.15) is 5.75 Å². The third-order valence-electron chi connectivity index (χ3n) is 5.02. The van der Waals surface area contributed by atoms with E-state index in [1.165, 1.54) is 0 Å². The quantitative estimate of drug-likeness (QED) is 0.635. The van der Waals surface area contributed by atoms with Crippen LogP contribution in [0.4, 0.5) is 11.4 Å². The molecule has 0 atom stereocenters. The molecular weight excluding hydrogens is 396 g/mol. The average Bonchev–Trinajstić information content (AvgIpc) is 2.78. The predicted molar refractivity (Wildman–Crippen MR) is 120 cm³/mol. The smallest absolute Gasteiger partial charge is 0.238 e. The van der Waals surface area contributed by atoms with E-state index in [1.807, 2.05) is 48.5 Å². The van der Waals surface area contributed by atoms with Gasteiger partial charge in [-0.05, 0) is 37.4 Å². The number of benzene rings is 2. The molecule has 0 aromatic heterocycles. The standard InChI is InChI=1S/C23H30N4O4/c1-26(16-22(28)24-15-18-5-3-4-6-21(18)30-2)17-23(29)25-19-7-9-20(10-8-19)27-11-13-31-14-12-27/h3-10H,11-17H2,1-2H3,(H,24,28)(H,25,29). The predicted octanol–water partition coefficient (Wildman–Crippen LogP) is 1.72. The topological polar surface area (TPSA) is 83.1 Å². The van der Waals surface area contributed by atoms with Crippen molar-refractivity contribution in [3.8, 4) is 5.75 Å². The fraction of sp³-hybridized carbons (Fsp3) is 0.391. The van der Waals surface area contributed by atoms with Crippen molar-refractivity contribution in [1.29, 1.82) is 0 Å². The second-order valence-electron chi connectivity index (χ2n) is 7.46. The van der Waals surface area contributed by atoms with Crippen molar-refractivity contribution in [3.63, 3.8) is 0 Å². The molecule has 8 heteroatoms. The molecule has 0 bridgehead atoms. The Hall–Kier alpha value is -3.10. The lowest BCUT2D eigenvalue weighted by Crippen LogP contribution is -2.38. The molecule has 1 saturated heterocycles. The lowest BCUT2D eigenvalue weighted by Gasteiger charge is -2.28. The Balaban J connectivity index is 1.41. The van der Waals surface area contributed by atoms with Crippen molar-refractivity contribution < 1.29 is 19.1 Å². The minimum Gasteiger partial charge on any atom is -0.496 e. The van der Waals surface area contributed by atoms with Crippen LogP contribution in [-0.4, -0.2) is 70.3 Å². The lowest BCUT2D eigenvalue weighted by molar-refractivity contribution is -0.123. The van der Waals surface area contributed by atoms with Gasteiger partial charge in [0.05, 0.1) is 33.4 Å². The fourth-order valence-corrected chi connectivity index (χ4v) is 3.42. The summed E-state index contributed by atoms with van der Waals surface area (Å²) in [7, 11) is 3.34. The molecule has 3 rings (SSSR count). The van der Waals surface area contributed by atoms with E-state index in [1.54, 1.807) is 19.1 Å². The van der Waals surface area contributed by atoms with Crippen molar-refractivity contribution in [1.82, 2.24) is 10.2 Å². The molecule has 166 valence electrons. The van der Waals surface area contributed by atoms with Gasteiger partial charge in [0.15, 0.2) is 0 Å². The third-order valence-corrected chi connectivity index (χ3v) is 5.02. The van der Waals surface area contributed by atoms with Gasteiger partial charge in [-0.1, -0.05) is 18.2 Å². The first-order valence-corrected chi connectivity index (χ1v) is 10.3. The van der Waals surface area contributed by atoms with Gasteiger partial charge in [0, 0.05) is 36.6 Å². The van der Waals surface area contributed by atoms with Crippen LogP contribution >= 0.6 is 0 Å². The molecule has 1 aliphatic rings. The highest BCUT2D eigenvalue weighted by atomic mass is 16.5. The molecule has 8 nitrogen and oxygen atoms in total. The van der Waals surface area contributed by atoms with E-state index in [0.29, 0.717) is 6.54 Å². The first-order chi connectivity index (χ1) is 15.0. The lowest BCUT2D eigenvalue weighted by atomic mass is 10.2. The Labute approximate surface area is 183 Å². The van der Waals surface area contributed by atoms with Crippen molar-refractivity contribution >= 4 is 23.2 Å². The molecular formula is C23H30N4O4. The summed E-state index contributed by atoms with van der Waals surface area (Å²) in [5, 5.41) is 5.74. The van der Waals surface area contributed by atoms with Crippen LogP contribution in [0.15, 0.2) is 48.5 Å². The van der Waals surface area contributed by atoms with Gasteiger partial charge in [-0.3, -0.25) is 14.5 Å². The van der Waals surface area contributed by atoms with Gasteiger partial charge in [-0.15, -0.1) is 0 Å². The Bertz CT molecular complexity index is 866. The van der Waals surface area contributed by atoms with E-state index < -0.39 is 0 Å². The maximum absolute atomic E-state index is 12.3. The molecule has 0 aliphatic carbocycles. The first kappa shape index (κ1) is 22.6. The van der Waals surface area contributed by atoms with Crippen LogP contribution in [-0.2, 0) is 20.9 Å². The van der Waals surface area contributed by atoms with Crippen LogP contribution in [0.2, 0.25) is 0 Å². The highest BCUT2D eigenvalue weighted by Gasteiger charge is 2.13. The summed E-state index contributed by atoms with van der Waals surface area (Å²) in [4.78, 5) is 28.5. The number of carbonyl (C=O) groups is 2. The number of para-hydroxylation sites is 1. The SMILES string of the molecule is COc1ccccc1CNC(=O)CN(C)CC(=O)Nc1ccc(N2CCOCC2)cc1. The van der Waals surface area contributed by atoms with Crippen LogP contribution in [0.25, 0.3) is 0 Å². The molecule has 2 aromatic rings. The summed E-state index contributed by atoms with van der Waals surface area (Å²) in [6.45, 7) is 3.82. The number of morpholine rings is 1. The van der Waals surface area contributed by atoms with Crippen LogP contribution in [0.5, 0.6) is 5.75 Å². The highest BCUT2D eigenvalue weighted by Crippen LogP contribution is 2.19. The van der Waals surface area contributed by atoms with Crippen LogP contribution < -0.4 is 20.3 Å². The monoisotopic (exact) mass is 426 g/mol. The van der Waals surface area contributed by atoms with Crippen LogP contribution in [0, 0.1) is 0 Å². The molecule has 0 unspecified atom stereocenters. The van der Waals surface area contributed by atoms with Gasteiger partial charge in [0.2, 0.25) is 11.8 Å². The van der Waals surface area contributed by atoms with Crippen molar-refractivity contribution in [2.24, 2.45) is 0 Å². The van der Waals surface area contributed by atoms with E-state index in [9.17, 15) is 9.59 Å². The normalized spacial score (nSPS) is 13.7. The molecule has 0 spiro atoms. The molecule has 2 aromatic carbocycles. The summed E-state index contributed by atoms with van der Waals surface area (Å²) in [6.07, 6.45) is 0. The van der Waals surface area contributed by atoms with E-state index in [-0.39, 0.29) is 24.9 Å². The summed E-state index contributed by atoms with van der Waals surface area (Å²) in [6, 6.07) is 15.3. The Morgan fingerprint density at radius 3 is 2.42 bits per heavy atom. The summed E-state index contributed by atoms with van der Waals surface area (Å²) in [5.74, 6) is 0.408. The van der Waals surface area contributed by atoms with E-state index in [2.05, 4.69) is 15.5 Å². The third kappa shape index (κ3) is 6.97. The molecule has 0 radical (unpaired) electrons. The van der Waals surface area contributed by atoms with Crippen LogP contribution in [0.1, 0.15) is 5.56 Å². The van der Waals surface area contributed by atoms with Gasteiger partial charge in [0.25, 0.3) is 0 Å². The molecule has 1 fully saturated rings. The summed E-state index contributed by atoms with van der Waals surface area (Å²) >= 11 is 0. The average molecular weight is 427 g/mol. The number of rotatable bonds is 9. The molecule has 2 amide bonds. The summed E-state index contributed by atoms with van der Waals surface area (Å²) in [5.41, 5.74) is 2.75. The second kappa shape index (κ2) is 11.3. The van der Waals surface area contributed by atoms with E-state index in [4.69, 9.17) is 9.47 Å². The van der Waals surface area contributed by atoms with Gasteiger partial charge in [-0.2, -0.15) is 0 Å². The largest absolute Gasteiger partial charge is 0.496 e. The van der Waals surface area contributed by atoms with E-state index in [0.717, 1.165) is 49.0 Å². The maximum Gasteiger partial charge on any atom is 0.238 e. The number of hydrogen-bond acceptors (Lipinski definition) is 6. The summed E-state index contributed by atoms with van der Waals surface area (Å²) < 4.78 is 10.7. The molecule has 2 N–H and O–H groups in total. The highest BCUT2D eigenvalue weighted by molar-refractivity contribution is 5.92. The zero-order valence-electron chi connectivity index (χ0n) is 18.1. The molecule has 0 saturated carbocycles. The number of nitrogens with zero attached hydrogens (tertiary/aromatic N) is 2. The van der Waals surface area contributed by atoms with Crippen molar-refractivity contribution in [2.45, 2.75) is 6.54 Å². The maximum atomic E-state index is 12.3. The number of ether oxygens (including phenoxy) is 2.